The molecule has 9 heteroatoms. The summed E-state index contributed by atoms with van der Waals surface area (Å²) in [6.07, 6.45) is -4.39. The van der Waals surface area contributed by atoms with Crippen LogP contribution in [-0.4, -0.2) is 50.8 Å². The number of hydrogen-bond donors (Lipinski definition) is 3. The predicted octanol–water partition coefficient (Wildman–Crippen LogP) is 4.01. The fourth-order valence-corrected chi connectivity index (χ4v) is 4.21. The van der Waals surface area contributed by atoms with E-state index in [0.29, 0.717) is 0 Å². The molecule has 35 heavy (non-hydrogen) atoms. The first kappa shape index (κ1) is 26.5. The van der Waals surface area contributed by atoms with Gasteiger partial charge in [0.15, 0.2) is 0 Å². The molecule has 1 amide bonds. The first-order valence-corrected chi connectivity index (χ1v) is 11.8. The number of nitriles is 1. The Labute approximate surface area is 204 Å². The molecule has 0 saturated carbocycles. The summed E-state index contributed by atoms with van der Waals surface area (Å²) in [7, 11) is 0. The number of piperazine rings is 1. The summed E-state index contributed by atoms with van der Waals surface area (Å²) in [5.74, 6) is -0.628. The molecule has 188 valence electrons. The number of alkyl halides is 3. The molecule has 1 aliphatic rings. The minimum Gasteiger partial charge on any atom is -0.369 e. The Bertz CT molecular complexity index is 994. The number of nitrogens with one attached hydrogen (secondary N) is 3. The minimum atomic E-state index is -4.60. The molecule has 1 heterocycles. The van der Waals surface area contributed by atoms with Crippen molar-refractivity contribution in [1.29, 1.82) is 5.26 Å². The van der Waals surface area contributed by atoms with Crippen LogP contribution in [0, 0.1) is 17.2 Å². The SMILES string of the molecule is CC(C)C[C@H](NC(c1ccc(-c2ccc(N3CCNCC3)cc2)cc1)C(F)(F)F)C(=O)NCC#N. The lowest BCUT2D eigenvalue weighted by molar-refractivity contribution is -0.161. The quantitative estimate of drug-likeness (QED) is 0.466. The molecule has 1 aliphatic heterocycles. The van der Waals surface area contributed by atoms with Gasteiger partial charge in [0.1, 0.15) is 12.6 Å². The summed E-state index contributed by atoms with van der Waals surface area (Å²) in [6, 6.07) is 12.9. The maximum absolute atomic E-state index is 14.0. The van der Waals surface area contributed by atoms with Gasteiger partial charge in [-0.25, -0.2) is 0 Å². The summed E-state index contributed by atoms with van der Waals surface area (Å²) in [6.45, 7) is 7.16. The highest BCUT2D eigenvalue weighted by Gasteiger charge is 2.42. The van der Waals surface area contributed by atoms with Gasteiger partial charge in [-0.05, 0) is 41.2 Å². The van der Waals surface area contributed by atoms with Gasteiger partial charge in [0.05, 0.1) is 12.1 Å². The molecule has 2 aromatic carbocycles. The smallest absolute Gasteiger partial charge is 0.369 e. The molecular weight excluding hydrogens is 455 g/mol. The highest BCUT2D eigenvalue weighted by Crippen LogP contribution is 2.35. The number of rotatable bonds is 9. The van der Waals surface area contributed by atoms with Crippen molar-refractivity contribution in [3.63, 3.8) is 0 Å². The van der Waals surface area contributed by atoms with E-state index >= 15 is 0 Å². The summed E-state index contributed by atoms with van der Waals surface area (Å²) in [5.41, 5.74) is 2.88. The van der Waals surface area contributed by atoms with E-state index in [-0.39, 0.29) is 24.4 Å². The van der Waals surface area contributed by atoms with Crippen molar-refractivity contribution in [1.82, 2.24) is 16.0 Å². The van der Waals surface area contributed by atoms with E-state index in [1.165, 1.54) is 12.1 Å². The zero-order valence-electron chi connectivity index (χ0n) is 20.0. The molecule has 3 rings (SSSR count). The Morgan fingerprint density at radius 1 is 1.06 bits per heavy atom. The van der Waals surface area contributed by atoms with Crippen molar-refractivity contribution in [2.24, 2.45) is 5.92 Å². The molecule has 6 nitrogen and oxygen atoms in total. The van der Waals surface area contributed by atoms with Gasteiger partial charge in [0.25, 0.3) is 0 Å². The number of nitrogens with zero attached hydrogens (tertiary/aromatic N) is 2. The minimum absolute atomic E-state index is 0.0132. The standard InChI is InChI=1S/C26H32F3N5O/c1-18(2)17-23(25(35)32-12-11-30)33-24(26(27,28)29)21-5-3-19(4-6-21)20-7-9-22(10-8-20)34-15-13-31-14-16-34/h3-10,18,23-24,31,33H,12-17H2,1-2H3,(H,32,35)/t23-,24?/m0/s1. The third-order valence-electron chi connectivity index (χ3n) is 5.99. The van der Waals surface area contributed by atoms with E-state index in [1.54, 1.807) is 18.2 Å². The van der Waals surface area contributed by atoms with E-state index < -0.39 is 24.2 Å². The van der Waals surface area contributed by atoms with E-state index in [9.17, 15) is 18.0 Å². The van der Waals surface area contributed by atoms with E-state index in [2.05, 4.69) is 20.9 Å². The average Bonchev–Trinajstić information content (AvgIpc) is 2.85. The van der Waals surface area contributed by atoms with Crippen LogP contribution in [-0.2, 0) is 4.79 Å². The zero-order chi connectivity index (χ0) is 25.4. The van der Waals surface area contributed by atoms with Crippen LogP contribution in [0.25, 0.3) is 11.1 Å². The first-order chi connectivity index (χ1) is 16.7. The molecule has 0 spiro atoms. The van der Waals surface area contributed by atoms with E-state index in [0.717, 1.165) is 43.0 Å². The van der Waals surface area contributed by atoms with Gasteiger partial charge in [0, 0.05) is 31.9 Å². The van der Waals surface area contributed by atoms with Gasteiger partial charge in [-0.2, -0.15) is 18.4 Å². The van der Waals surface area contributed by atoms with Crippen molar-refractivity contribution in [3.8, 4) is 17.2 Å². The van der Waals surface area contributed by atoms with Crippen LogP contribution in [0.4, 0.5) is 18.9 Å². The van der Waals surface area contributed by atoms with E-state index in [4.69, 9.17) is 5.26 Å². The summed E-state index contributed by atoms with van der Waals surface area (Å²) < 4.78 is 42.0. The molecule has 3 N–H and O–H groups in total. The third kappa shape index (κ3) is 7.44. The average molecular weight is 488 g/mol. The molecule has 1 unspecified atom stereocenters. The Morgan fingerprint density at radius 3 is 2.14 bits per heavy atom. The van der Waals surface area contributed by atoms with E-state index in [1.807, 2.05) is 38.1 Å². The van der Waals surface area contributed by atoms with Crippen LogP contribution in [0.3, 0.4) is 0 Å². The Morgan fingerprint density at radius 2 is 1.63 bits per heavy atom. The molecule has 0 aromatic heterocycles. The Hall–Kier alpha value is -3.09. The van der Waals surface area contributed by atoms with Crippen molar-refractivity contribution >= 4 is 11.6 Å². The first-order valence-electron chi connectivity index (χ1n) is 11.8. The van der Waals surface area contributed by atoms with Crippen LogP contribution >= 0.6 is 0 Å². The molecule has 1 saturated heterocycles. The van der Waals surface area contributed by atoms with Crippen molar-refractivity contribution in [3.05, 3.63) is 54.1 Å². The maximum Gasteiger partial charge on any atom is 0.407 e. The molecule has 0 radical (unpaired) electrons. The highest BCUT2D eigenvalue weighted by molar-refractivity contribution is 5.82. The molecule has 0 bridgehead atoms. The van der Waals surface area contributed by atoms with Gasteiger partial charge in [-0.3, -0.25) is 10.1 Å². The molecule has 2 aromatic rings. The second kappa shape index (κ2) is 12.0. The number of anilines is 1. The summed E-state index contributed by atoms with van der Waals surface area (Å²) >= 11 is 0. The third-order valence-corrected chi connectivity index (χ3v) is 5.99. The second-order valence-corrected chi connectivity index (χ2v) is 9.11. The molecule has 2 atom stereocenters. The summed E-state index contributed by atoms with van der Waals surface area (Å²) in [5, 5.41) is 16.9. The number of halogens is 3. The topological polar surface area (TPSA) is 80.2 Å². The van der Waals surface area contributed by atoms with Gasteiger partial charge in [-0.15, -0.1) is 0 Å². The Kier molecular flexibility index (Phi) is 9.13. The number of carbonyl (C=O) groups excluding carboxylic acids is 1. The largest absolute Gasteiger partial charge is 0.407 e. The van der Waals surface area contributed by atoms with Crippen LogP contribution in [0.1, 0.15) is 31.9 Å². The maximum atomic E-state index is 14.0. The zero-order valence-corrected chi connectivity index (χ0v) is 20.0. The number of hydrogen-bond acceptors (Lipinski definition) is 5. The monoisotopic (exact) mass is 487 g/mol. The highest BCUT2D eigenvalue weighted by atomic mass is 19.4. The predicted molar refractivity (Wildman–Crippen MR) is 131 cm³/mol. The van der Waals surface area contributed by atoms with Crippen LogP contribution in [0.5, 0.6) is 0 Å². The van der Waals surface area contributed by atoms with Gasteiger partial charge >= 0.3 is 6.18 Å². The molecule has 0 aliphatic carbocycles. The number of carbonyl (C=O) groups is 1. The normalized spacial score (nSPS) is 16.0. The van der Waals surface area contributed by atoms with Crippen molar-refractivity contribution in [2.45, 2.75) is 38.5 Å². The fourth-order valence-electron chi connectivity index (χ4n) is 4.21. The van der Waals surface area contributed by atoms with Crippen LogP contribution < -0.4 is 20.9 Å². The lowest BCUT2D eigenvalue weighted by Crippen LogP contribution is -2.49. The molecule has 1 fully saturated rings. The van der Waals surface area contributed by atoms with Crippen LogP contribution in [0.15, 0.2) is 48.5 Å². The van der Waals surface area contributed by atoms with Gasteiger partial charge in [0.2, 0.25) is 5.91 Å². The number of benzene rings is 2. The summed E-state index contributed by atoms with van der Waals surface area (Å²) in [4.78, 5) is 14.7. The van der Waals surface area contributed by atoms with Crippen LogP contribution in [0.2, 0.25) is 0 Å². The lowest BCUT2D eigenvalue weighted by Gasteiger charge is -2.29. The van der Waals surface area contributed by atoms with Crippen molar-refractivity contribution < 1.29 is 18.0 Å². The lowest BCUT2D eigenvalue weighted by atomic mass is 9.97. The number of amides is 1. The fraction of sp³-hybridized carbons (Fsp3) is 0.462. The Balaban J connectivity index is 1.77. The van der Waals surface area contributed by atoms with Gasteiger partial charge in [-0.1, -0.05) is 50.2 Å². The van der Waals surface area contributed by atoms with Crippen molar-refractivity contribution in [2.75, 3.05) is 37.6 Å². The van der Waals surface area contributed by atoms with Gasteiger partial charge < -0.3 is 15.5 Å². The molecular formula is C26H32F3N5O. The second-order valence-electron chi connectivity index (χ2n) is 9.11.